The summed E-state index contributed by atoms with van der Waals surface area (Å²) in [5.41, 5.74) is 0.655. The summed E-state index contributed by atoms with van der Waals surface area (Å²) >= 11 is 0. The van der Waals surface area contributed by atoms with Crippen molar-refractivity contribution in [1.29, 1.82) is 0 Å². The predicted octanol–water partition coefficient (Wildman–Crippen LogP) is 3.15. The number of benzene rings is 1. The lowest BCUT2D eigenvalue weighted by atomic mass is 9.74. The van der Waals surface area contributed by atoms with E-state index < -0.39 is 11.4 Å². The van der Waals surface area contributed by atoms with Gasteiger partial charge in [0.25, 0.3) is 0 Å². The van der Waals surface area contributed by atoms with Crippen molar-refractivity contribution >= 4 is 17.3 Å². The number of fused-ring (bicyclic) bond motifs is 1. The van der Waals surface area contributed by atoms with E-state index in [-0.39, 0.29) is 11.7 Å². The Bertz CT molecular complexity index is 561. The molecule has 20 heavy (non-hydrogen) atoms. The van der Waals surface area contributed by atoms with Crippen LogP contribution < -0.4 is 15.4 Å². The maximum atomic E-state index is 13.7. The number of methoxy groups -OCH3 is 1. The molecular formula is C15H19FN2O2. The molecule has 1 aromatic rings. The van der Waals surface area contributed by atoms with Crippen molar-refractivity contribution in [3.8, 4) is 5.75 Å². The molecule has 1 saturated carbocycles. The molecule has 1 aliphatic heterocycles. The first-order valence-corrected chi connectivity index (χ1v) is 7.01. The third-order valence-electron chi connectivity index (χ3n) is 4.35. The summed E-state index contributed by atoms with van der Waals surface area (Å²) in [7, 11) is 1.44. The summed E-state index contributed by atoms with van der Waals surface area (Å²) in [6.45, 7) is 2.16. The van der Waals surface area contributed by atoms with Gasteiger partial charge in [-0.2, -0.15) is 0 Å². The second-order valence-electron chi connectivity index (χ2n) is 5.90. The number of carbonyl (C=O) groups excluding carboxylic acids is 1. The fourth-order valence-electron chi connectivity index (χ4n) is 3.34. The average molecular weight is 278 g/mol. The number of hydrogen-bond acceptors (Lipinski definition) is 3. The highest BCUT2D eigenvalue weighted by Crippen LogP contribution is 2.42. The summed E-state index contributed by atoms with van der Waals surface area (Å²) in [4.78, 5) is 12.4. The van der Waals surface area contributed by atoms with Gasteiger partial charge in [0, 0.05) is 12.1 Å². The smallest absolute Gasteiger partial charge is 0.250 e. The summed E-state index contributed by atoms with van der Waals surface area (Å²) < 4.78 is 18.7. The minimum atomic E-state index is -0.562. The molecule has 2 atom stereocenters. The third-order valence-corrected chi connectivity index (χ3v) is 4.35. The van der Waals surface area contributed by atoms with Gasteiger partial charge >= 0.3 is 0 Å². The first-order valence-electron chi connectivity index (χ1n) is 7.01. The maximum Gasteiger partial charge on any atom is 0.250 e. The second-order valence-corrected chi connectivity index (χ2v) is 5.90. The Kier molecular flexibility index (Phi) is 3.07. The number of ether oxygens (including phenoxy) is 1. The van der Waals surface area contributed by atoms with E-state index in [4.69, 9.17) is 4.74 Å². The second kappa shape index (κ2) is 4.65. The van der Waals surface area contributed by atoms with E-state index in [1.165, 1.54) is 13.2 Å². The van der Waals surface area contributed by atoms with Crippen LogP contribution in [0.1, 0.15) is 32.6 Å². The molecule has 2 unspecified atom stereocenters. The van der Waals surface area contributed by atoms with Crippen LogP contribution in [0.15, 0.2) is 12.1 Å². The van der Waals surface area contributed by atoms with Gasteiger partial charge < -0.3 is 15.4 Å². The topological polar surface area (TPSA) is 50.4 Å². The average Bonchev–Trinajstić information content (AvgIpc) is 2.40. The highest BCUT2D eigenvalue weighted by Gasteiger charge is 2.44. The number of carbonyl (C=O) groups is 1. The van der Waals surface area contributed by atoms with Gasteiger partial charge in [-0.15, -0.1) is 0 Å². The van der Waals surface area contributed by atoms with E-state index in [9.17, 15) is 9.18 Å². The molecule has 1 aliphatic carbocycles. The van der Waals surface area contributed by atoms with Crippen LogP contribution in [0.3, 0.4) is 0 Å². The minimum Gasteiger partial charge on any atom is -0.494 e. The van der Waals surface area contributed by atoms with Crippen LogP contribution in [0.2, 0.25) is 0 Å². The highest BCUT2D eigenvalue weighted by molar-refractivity contribution is 6.06. The summed E-state index contributed by atoms with van der Waals surface area (Å²) in [5.74, 6) is 0.166. The summed E-state index contributed by atoms with van der Waals surface area (Å²) in [6, 6.07) is 2.92. The molecule has 4 nitrogen and oxygen atoms in total. The van der Waals surface area contributed by atoms with Crippen molar-refractivity contribution in [2.24, 2.45) is 5.92 Å². The molecule has 1 fully saturated rings. The van der Waals surface area contributed by atoms with Crippen molar-refractivity contribution < 1.29 is 13.9 Å². The van der Waals surface area contributed by atoms with Crippen molar-refractivity contribution in [2.45, 2.75) is 38.1 Å². The fourth-order valence-corrected chi connectivity index (χ4v) is 3.34. The van der Waals surface area contributed by atoms with Gasteiger partial charge in [0.2, 0.25) is 5.91 Å². The van der Waals surface area contributed by atoms with Crippen LogP contribution in [-0.2, 0) is 4.79 Å². The zero-order valence-corrected chi connectivity index (χ0v) is 11.8. The third kappa shape index (κ3) is 2.01. The van der Waals surface area contributed by atoms with E-state index in [1.54, 1.807) is 6.07 Å². The number of rotatable bonds is 1. The summed E-state index contributed by atoms with van der Waals surface area (Å²) in [5, 5.41) is 6.17. The Morgan fingerprint density at radius 3 is 2.90 bits per heavy atom. The maximum absolute atomic E-state index is 13.7. The molecule has 1 amide bonds. The van der Waals surface area contributed by atoms with Gasteiger partial charge in [0.05, 0.1) is 18.5 Å². The van der Waals surface area contributed by atoms with Crippen LogP contribution >= 0.6 is 0 Å². The van der Waals surface area contributed by atoms with Gasteiger partial charge in [0.1, 0.15) is 5.54 Å². The van der Waals surface area contributed by atoms with Crippen LogP contribution in [0.5, 0.6) is 5.75 Å². The fraction of sp³-hybridized carbons (Fsp3) is 0.533. The quantitative estimate of drug-likeness (QED) is 0.829. The minimum absolute atomic E-state index is 0.0545. The highest BCUT2D eigenvalue weighted by atomic mass is 19.1. The molecule has 5 heteroatoms. The molecule has 2 N–H and O–H groups in total. The zero-order valence-electron chi connectivity index (χ0n) is 11.8. The van der Waals surface area contributed by atoms with Crippen molar-refractivity contribution in [2.75, 3.05) is 17.7 Å². The van der Waals surface area contributed by atoms with Gasteiger partial charge in [-0.3, -0.25) is 4.79 Å². The predicted molar refractivity (Wildman–Crippen MR) is 75.6 cm³/mol. The van der Waals surface area contributed by atoms with Gasteiger partial charge in [-0.25, -0.2) is 4.39 Å². The normalized spacial score (nSPS) is 28.6. The lowest BCUT2D eigenvalue weighted by Gasteiger charge is -2.43. The Morgan fingerprint density at radius 1 is 1.40 bits per heavy atom. The van der Waals surface area contributed by atoms with Crippen LogP contribution in [0, 0.1) is 11.7 Å². The molecule has 1 spiro atoms. The molecule has 1 aromatic carbocycles. The number of anilines is 2. The Morgan fingerprint density at radius 2 is 2.20 bits per heavy atom. The lowest BCUT2D eigenvalue weighted by molar-refractivity contribution is -0.122. The summed E-state index contributed by atoms with van der Waals surface area (Å²) in [6.07, 6.45) is 3.78. The van der Waals surface area contributed by atoms with Crippen molar-refractivity contribution in [1.82, 2.24) is 0 Å². The molecule has 2 aliphatic rings. The molecule has 0 bridgehead atoms. The standard InChI is InChI=1S/C15H19FN2O2/c1-9-4-3-5-15(8-9)14(19)17-11-6-10(16)13(20-2)7-12(11)18-15/h6-7,9,18H,3-5,8H2,1-2H3,(H,17,19). The Hall–Kier alpha value is -1.78. The Balaban J connectivity index is 1.98. The molecule has 108 valence electrons. The number of amides is 1. The van der Waals surface area contributed by atoms with Gasteiger partial charge in [-0.1, -0.05) is 19.8 Å². The molecule has 0 saturated heterocycles. The monoisotopic (exact) mass is 278 g/mol. The van der Waals surface area contributed by atoms with E-state index in [1.807, 2.05) is 0 Å². The molecule has 0 radical (unpaired) electrons. The van der Waals surface area contributed by atoms with Crippen LogP contribution in [-0.4, -0.2) is 18.6 Å². The molecule has 0 aromatic heterocycles. The zero-order chi connectivity index (χ0) is 14.3. The number of nitrogens with one attached hydrogen (secondary N) is 2. The molecule has 1 heterocycles. The first kappa shape index (κ1) is 13.2. The largest absolute Gasteiger partial charge is 0.494 e. The molecular weight excluding hydrogens is 259 g/mol. The SMILES string of the molecule is COc1cc2c(cc1F)NC(=O)C1(CCCC(C)C1)N2. The first-order chi connectivity index (χ1) is 9.54. The van der Waals surface area contributed by atoms with E-state index >= 15 is 0 Å². The van der Waals surface area contributed by atoms with Crippen molar-refractivity contribution in [3.63, 3.8) is 0 Å². The van der Waals surface area contributed by atoms with Crippen molar-refractivity contribution in [3.05, 3.63) is 17.9 Å². The van der Waals surface area contributed by atoms with Gasteiger partial charge in [-0.05, 0) is 18.8 Å². The van der Waals surface area contributed by atoms with Crippen LogP contribution in [0.25, 0.3) is 0 Å². The Labute approximate surface area is 117 Å². The van der Waals surface area contributed by atoms with Crippen LogP contribution in [0.4, 0.5) is 15.8 Å². The lowest BCUT2D eigenvalue weighted by Crippen LogP contribution is -2.54. The number of hydrogen-bond donors (Lipinski definition) is 2. The number of halogens is 1. The molecule has 3 rings (SSSR count). The van der Waals surface area contributed by atoms with Gasteiger partial charge in [0.15, 0.2) is 11.6 Å². The van der Waals surface area contributed by atoms with E-state index in [2.05, 4.69) is 17.6 Å². The van der Waals surface area contributed by atoms with E-state index in [0.717, 1.165) is 31.4 Å². The van der Waals surface area contributed by atoms with E-state index in [0.29, 0.717) is 11.6 Å².